The van der Waals surface area contributed by atoms with Crippen molar-refractivity contribution in [3.05, 3.63) is 41.9 Å². The Bertz CT molecular complexity index is 757. The first kappa shape index (κ1) is 18.2. The fourth-order valence-corrected chi connectivity index (χ4v) is 3.72. The summed E-state index contributed by atoms with van der Waals surface area (Å²) in [6.07, 6.45) is 4.49. The number of amides is 1. The van der Waals surface area contributed by atoms with Gasteiger partial charge in [-0.1, -0.05) is 29.8 Å². The highest BCUT2D eigenvalue weighted by atomic mass is 16.7. The van der Waals surface area contributed by atoms with Gasteiger partial charge in [0.05, 0.1) is 19.4 Å². The van der Waals surface area contributed by atoms with Crippen molar-refractivity contribution >= 4 is 5.91 Å². The largest absolute Gasteiger partial charge is 0.441 e. The summed E-state index contributed by atoms with van der Waals surface area (Å²) in [4.78, 5) is 18.8. The van der Waals surface area contributed by atoms with E-state index in [4.69, 9.17) is 13.9 Å². The Hall–Kier alpha value is -2.18. The van der Waals surface area contributed by atoms with E-state index in [1.165, 1.54) is 5.56 Å². The van der Waals surface area contributed by atoms with Crippen LogP contribution in [0.5, 0.6) is 0 Å². The van der Waals surface area contributed by atoms with Gasteiger partial charge in [0.2, 0.25) is 5.91 Å². The predicted molar refractivity (Wildman–Crippen MR) is 100.0 cm³/mol. The first-order valence-corrected chi connectivity index (χ1v) is 9.72. The zero-order valence-corrected chi connectivity index (χ0v) is 15.7. The molecule has 1 amide bonds. The van der Waals surface area contributed by atoms with Gasteiger partial charge in [0, 0.05) is 37.4 Å². The number of ether oxygens (including phenoxy) is 2. The average Bonchev–Trinajstić information content (AvgIpc) is 3.39. The van der Waals surface area contributed by atoms with E-state index < -0.39 is 0 Å². The summed E-state index contributed by atoms with van der Waals surface area (Å²) in [5, 5.41) is 0. The second kappa shape index (κ2) is 8.23. The molecule has 0 radical (unpaired) electrons. The van der Waals surface area contributed by atoms with Crippen molar-refractivity contribution in [2.75, 3.05) is 26.3 Å². The molecule has 27 heavy (non-hydrogen) atoms. The summed E-state index contributed by atoms with van der Waals surface area (Å²) in [7, 11) is 0. The summed E-state index contributed by atoms with van der Waals surface area (Å²) in [5.41, 5.74) is 2.21. The van der Waals surface area contributed by atoms with E-state index in [1.54, 1.807) is 6.20 Å². The molecule has 6 heteroatoms. The normalized spacial score (nSPS) is 18.9. The lowest BCUT2D eigenvalue weighted by Gasteiger charge is -2.33. The summed E-state index contributed by atoms with van der Waals surface area (Å²) in [6.45, 7) is 4.97. The molecule has 0 unspecified atom stereocenters. The van der Waals surface area contributed by atoms with Crippen LogP contribution in [0.25, 0.3) is 11.3 Å². The van der Waals surface area contributed by atoms with Crippen LogP contribution in [0, 0.1) is 12.8 Å². The van der Waals surface area contributed by atoms with Crippen molar-refractivity contribution in [2.45, 2.75) is 38.9 Å². The molecule has 6 nitrogen and oxygen atoms in total. The van der Waals surface area contributed by atoms with Crippen molar-refractivity contribution < 1.29 is 18.7 Å². The minimum absolute atomic E-state index is 0.0743. The van der Waals surface area contributed by atoms with Gasteiger partial charge in [-0.05, 0) is 19.8 Å². The number of aromatic nitrogens is 1. The minimum Gasteiger partial charge on any atom is -0.441 e. The number of hydrogen-bond donors (Lipinski definition) is 0. The molecule has 1 aromatic carbocycles. The number of aryl methyl sites for hydroxylation is 2. The molecule has 2 aliphatic rings. The molecule has 0 N–H and O–H groups in total. The van der Waals surface area contributed by atoms with E-state index in [1.807, 2.05) is 29.2 Å². The second-order valence-electron chi connectivity index (χ2n) is 7.31. The van der Waals surface area contributed by atoms with E-state index in [-0.39, 0.29) is 12.2 Å². The Kier molecular flexibility index (Phi) is 5.55. The maximum Gasteiger partial charge on any atom is 0.223 e. The quantitative estimate of drug-likeness (QED) is 0.809. The van der Waals surface area contributed by atoms with Gasteiger partial charge in [0.1, 0.15) is 0 Å². The van der Waals surface area contributed by atoms with Crippen molar-refractivity contribution in [1.82, 2.24) is 9.88 Å². The third-order valence-electron chi connectivity index (χ3n) is 5.37. The first-order valence-electron chi connectivity index (χ1n) is 9.72. The molecule has 2 fully saturated rings. The van der Waals surface area contributed by atoms with E-state index in [0.717, 1.165) is 37.3 Å². The second-order valence-corrected chi connectivity index (χ2v) is 7.31. The molecule has 1 aromatic heterocycles. The van der Waals surface area contributed by atoms with Crippen molar-refractivity contribution in [1.29, 1.82) is 0 Å². The number of rotatable bonds is 5. The number of nitrogens with zero attached hydrogens (tertiary/aromatic N) is 2. The standard InChI is InChI=1S/C21H26N2O4/c1-15-2-4-16(5-3-15)18-14-22-19(27-18)6-7-20(24)23-10-8-17(9-11-23)21-25-12-13-26-21/h2-5,14,17,21H,6-13H2,1H3. The molecule has 2 saturated heterocycles. The average molecular weight is 370 g/mol. The summed E-state index contributed by atoms with van der Waals surface area (Å²) in [6, 6.07) is 8.14. The highest BCUT2D eigenvalue weighted by Crippen LogP contribution is 2.26. The van der Waals surface area contributed by atoms with E-state index in [2.05, 4.69) is 11.9 Å². The zero-order chi connectivity index (χ0) is 18.6. The van der Waals surface area contributed by atoms with Crippen LogP contribution < -0.4 is 0 Å². The maximum atomic E-state index is 12.5. The summed E-state index contributed by atoms with van der Waals surface area (Å²) in [5.74, 6) is 1.92. The number of carbonyl (C=O) groups is 1. The molecule has 0 saturated carbocycles. The maximum absolute atomic E-state index is 12.5. The number of piperidine rings is 1. The van der Waals surface area contributed by atoms with E-state index in [0.29, 0.717) is 37.9 Å². The lowest BCUT2D eigenvalue weighted by atomic mass is 9.96. The van der Waals surface area contributed by atoms with Crippen LogP contribution in [0.15, 0.2) is 34.9 Å². The lowest BCUT2D eigenvalue weighted by Crippen LogP contribution is -2.41. The molecule has 2 aromatic rings. The molecular formula is C21H26N2O4. The fraction of sp³-hybridized carbons (Fsp3) is 0.524. The molecule has 2 aliphatic heterocycles. The molecule has 3 heterocycles. The molecule has 0 bridgehead atoms. The Morgan fingerprint density at radius 3 is 2.56 bits per heavy atom. The van der Waals surface area contributed by atoms with Crippen molar-refractivity contribution in [2.24, 2.45) is 5.92 Å². The molecular weight excluding hydrogens is 344 g/mol. The number of likely N-dealkylation sites (tertiary alicyclic amines) is 1. The van der Waals surface area contributed by atoms with Gasteiger partial charge in [0.25, 0.3) is 0 Å². The van der Waals surface area contributed by atoms with Crippen LogP contribution in [0.1, 0.15) is 30.7 Å². The third-order valence-corrected chi connectivity index (χ3v) is 5.37. The van der Waals surface area contributed by atoms with Gasteiger partial charge in [-0.3, -0.25) is 4.79 Å². The Balaban J connectivity index is 1.25. The van der Waals surface area contributed by atoms with Crippen LogP contribution in [0.3, 0.4) is 0 Å². The highest BCUT2D eigenvalue weighted by Gasteiger charge is 2.31. The molecule has 0 aliphatic carbocycles. The first-order chi connectivity index (χ1) is 13.2. The lowest BCUT2D eigenvalue weighted by molar-refractivity contribution is -0.136. The SMILES string of the molecule is Cc1ccc(-c2cnc(CCC(=O)N3CCC(C4OCCO4)CC3)o2)cc1. The van der Waals surface area contributed by atoms with Gasteiger partial charge < -0.3 is 18.8 Å². The van der Waals surface area contributed by atoms with Crippen LogP contribution in [0.4, 0.5) is 0 Å². The predicted octanol–water partition coefficient (Wildman–Crippen LogP) is 3.19. The summed E-state index contributed by atoms with van der Waals surface area (Å²) >= 11 is 0. The topological polar surface area (TPSA) is 64.8 Å². The Labute approximate surface area is 159 Å². The minimum atomic E-state index is -0.0743. The van der Waals surface area contributed by atoms with Crippen LogP contribution in [-0.4, -0.2) is 48.4 Å². The monoisotopic (exact) mass is 370 g/mol. The van der Waals surface area contributed by atoms with Gasteiger partial charge in [-0.2, -0.15) is 0 Å². The number of hydrogen-bond acceptors (Lipinski definition) is 5. The van der Waals surface area contributed by atoms with Crippen molar-refractivity contribution in [3.8, 4) is 11.3 Å². The van der Waals surface area contributed by atoms with Crippen LogP contribution >= 0.6 is 0 Å². The molecule has 0 atom stereocenters. The number of benzene rings is 1. The third kappa shape index (κ3) is 4.39. The van der Waals surface area contributed by atoms with Gasteiger partial charge >= 0.3 is 0 Å². The Morgan fingerprint density at radius 1 is 1.15 bits per heavy atom. The van der Waals surface area contributed by atoms with Crippen LogP contribution in [-0.2, 0) is 20.7 Å². The van der Waals surface area contributed by atoms with Gasteiger partial charge in [-0.25, -0.2) is 4.98 Å². The number of oxazole rings is 1. The smallest absolute Gasteiger partial charge is 0.223 e. The van der Waals surface area contributed by atoms with Crippen molar-refractivity contribution in [3.63, 3.8) is 0 Å². The van der Waals surface area contributed by atoms with E-state index >= 15 is 0 Å². The fourth-order valence-electron chi connectivity index (χ4n) is 3.72. The molecule has 144 valence electrons. The van der Waals surface area contributed by atoms with Gasteiger partial charge in [0.15, 0.2) is 17.9 Å². The van der Waals surface area contributed by atoms with E-state index in [9.17, 15) is 4.79 Å². The number of carbonyl (C=O) groups excluding carboxylic acids is 1. The zero-order valence-electron chi connectivity index (χ0n) is 15.7. The molecule has 4 rings (SSSR count). The highest BCUT2D eigenvalue weighted by molar-refractivity contribution is 5.76. The van der Waals surface area contributed by atoms with Crippen LogP contribution in [0.2, 0.25) is 0 Å². The molecule has 0 spiro atoms. The summed E-state index contributed by atoms with van der Waals surface area (Å²) < 4.78 is 17.0. The van der Waals surface area contributed by atoms with Gasteiger partial charge in [-0.15, -0.1) is 0 Å². The Morgan fingerprint density at radius 2 is 1.85 bits per heavy atom.